The molecule has 0 radical (unpaired) electrons. The Balaban J connectivity index is 1.27. The average molecular weight is 465 g/mol. The lowest BCUT2D eigenvalue weighted by atomic mass is 9.98. The fraction of sp³-hybridized carbons (Fsp3) is 0.160. The Kier molecular flexibility index (Phi) is 6.60. The Bertz CT molecular complexity index is 1180. The predicted molar refractivity (Wildman–Crippen MR) is 125 cm³/mol. The number of ether oxygens (including phenoxy) is 1. The molecular weight excluding hydrogens is 444 g/mol. The molecule has 0 heterocycles. The standard InChI is InChI=1S/C25H21ClN2O5/c26-16-11-15(24(30)31)12-17(13-16)28-23(29)9-10-27-25(32)33-14-22-20-7-3-1-5-18(20)19-6-2-4-8-21(19)22/h1-8,11-13,22H,9-10,14H2,(H,27,32)(H,28,29)(H,30,31). The monoisotopic (exact) mass is 464 g/mol. The number of aromatic carboxylic acids is 1. The molecule has 1 aliphatic carbocycles. The molecule has 2 amide bonds. The molecule has 0 spiro atoms. The van der Waals surface area contributed by atoms with E-state index in [1.54, 1.807) is 0 Å². The zero-order valence-electron chi connectivity index (χ0n) is 17.5. The smallest absolute Gasteiger partial charge is 0.407 e. The summed E-state index contributed by atoms with van der Waals surface area (Å²) in [6.45, 7) is 0.251. The minimum atomic E-state index is -1.15. The molecule has 7 nitrogen and oxygen atoms in total. The molecule has 168 valence electrons. The SMILES string of the molecule is O=C(CCNC(=O)OCC1c2ccccc2-c2ccccc21)Nc1cc(Cl)cc(C(=O)O)c1. The van der Waals surface area contributed by atoms with Crippen LogP contribution >= 0.6 is 11.6 Å². The third-order valence-electron chi connectivity index (χ3n) is 5.39. The summed E-state index contributed by atoms with van der Waals surface area (Å²) in [5.41, 5.74) is 4.76. The molecule has 8 heteroatoms. The third kappa shape index (κ3) is 5.15. The molecule has 0 aromatic heterocycles. The summed E-state index contributed by atoms with van der Waals surface area (Å²) in [5, 5.41) is 14.4. The number of carboxylic acids is 1. The van der Waals surface area contributed by atoms with E-state index in [0.29, 0.717) is 0 Å². The first-order valence-electron chi connectivity index (χ1n) is 10.3. The van der Waals surface area contributed by atoms with Crippen LogP contribution in [0.2, 0.25) is 5.02 Å². The highest BCUT2D eigenvalue weighted by atomic mass is 35.5. The fourth-order valence-electron chi connectivity index (χ4n) is 3.94. The van der Waals surface area contributed by atoms with Gasteiger partial charge < -0.3 is 20.5 Å². The molecule has 0 bridgehead atoms. The second kappa shape index (κ2) is 9.75. The number of alkyl carbamates (subject to hydrolysis) is 1. The van der Waals surface area contributed by atoms with Gasteiger partial charge in [0.15, 0.2) is 0 Å². The van der Waals surface area contributed by atoms with Crippen LogP contribution in [-0.2, 0) is 9.53 Å². The molecule has 0 saturated carbocycles. The highest BCUT2D eigenvalue weighted by molar-refractivity contribution is 6.31. The topological polar surface area (TPSA) is 105 Å². The van der Waals surface area contributed by atoms with Crippen LogP contribution in [0, 0.1) is 0 Å². The summed E-state index contributed by atoms with van der Waals surface area (Å²) in [4.78, 5) is 35.4. The van der Waals surface area contributed by atoms with Crippen molar-refractivity contribution in [2.24, 2.45) is 0 Å². The second-order valence-corrected chi connectivity index (χ2v) is 8.02. The Morgan fingerprint density at radius 2 is 1.58 bits per heavy atom. The van der Waals surface area contributed by atoms with Gasteiger partial charge in [-0.2, -0.15) is 0 Å². The molecule has 0 saturated heterocycles. The number of carboxylic acid groups (broad SMARTS) is 1. The first-order chi connectivity index (χ1) is 15.9. The van der Waals surface area contributed by atoms with Crippen molar-refractivity contribution in [3.8, 4) is 11.1 Å². The lowest BCUT2D eigenvalue weighted by molar-refractivity contribution is -0.116. The Morgan fingerprint density at radius 3 is 2.21 bits per heavy atom. The van der Waals surface area contributed by atoms with E-state index in [1.807, 2.05) is 36.4 Å². The largest absolute Gasteiger partial charge is 0.478 e. The number of anilines is 1. The van der Waals surface area contributed by atoms with Gasteiger partial charge in [0.05, 0.1) is 5.56 Å². The van der Waals surface area contributed by atoms with E-state index in [9.17, 15) is 14.4 Å². The Hall–Kier alpha value is -3.84. The fourth-order valence-corrected chi connectivity index (χ4v) is 4.17. The van der Waals surface area contributed by atoms with Gasteiger partial charge in [0.25, 0.3) is 0 Å². The van der Waals surface area contributed by atoms with Gasteiger partial charge in [-0.05, 0) is 40.5 Å². The van der Waals surface area contributed by atoms with Gasteiger partial charge in [0, 0.05) is 29.6 Å². The number of carbonyl (C=O) groups is 3. The number of nitrogens with one attached hydrogen (secondary N) is 2. The van der Waals surface area contributed by atoms with Crippen LogP contribution < -0.4 is 10.6 Å². The molecule has 0 fully saturated rings. The molecule has 3 aromatic carbocycles. The maximum Gasteiger partial charge on any atom is 0.407 e. The first-order valence-corrected chi connectivity index (χ1v) is 10.7. The van der Waals surface area contributed by atoms with Crippen molar-refractivity contribution in [3.63, 3.8) is 0 Å². The van der Waals surface area contributed by atoms with Crippen molar-refractivity contribution in [2.75, 3.05) is 18.5 Å². The van der Waals surface area contributed by atoms with Crippen molar-refractivity contribution < 1.29 is 24.2 Å². The Morgan fingerprint density at radius 1 is 0.939 bits per heavy atom. The van der Waals surface area contributed by atoms with Gasteiger partial charge in [-0.3, -0.25) is 4.79 Å². The van der Waals surface area contributed by atoms with Crippen LogP contribution in [0.15, 0.2) is 66.7 Å². The van der Waals surface area contributed by atoms with Gasteiger partial charge >= 0.3 is 12.1 Å². The number of benzene rings is 3. The van der Waals surface area contributed by atoms with Crippen molar-refractivity contribution in [2.45, 2.75) is 12.3 Å². The van der Waals surface area contributed by atoms with E-state index in [1.165, 1.54) is 18.2 Å². The quantitative estimate of drug-likeness (QED) is 0.461. The highest BCUT2D eigenvalue weighted by Gasteiger charge is 2.28. The molecule has 3 aromatic rings. The lowest BCUT2D eigenvalue weighted by Crippen LogP contribution is -2.29. The number of carbonyl (C=O) groups excluding carboxylic acids is 2. The van der Waals surface area contributed by atoms with Crippen molar-refractivity contribution >= 4 is 35.3 Å². The average Bonchev–Trinajstić information content (AvgIpc) is 3.11. The molecule has 0 unspecified atom stereocenters. The van der Waals surface area contributed by atoms with Crippen LogP contribution in [0.3, 0.4) is 0 Å². The van der Waals surface area contributed by atoms with Gasteiger partial charge in [-0.1, -0.05) is 60.1 Å². The molecule has 0 atom stereocenters. The van der Waals surface area contributed by atoms with Crippen LogP contribution in [0.4, 0.5) is 10.5 Å². The van der Waals surface area contributed by atoms with E-state index < -0.39 is 18.0 Å². The summed E-state index contributed by atoms with van der Waals surface area (Å²) >= 11 is 5.89. The second-order valence-electron chi connectivity index (χ2n) is 7.58. The summed E-state index contributed by atoms with van der Waals surface area (Å²) < 4.78 is 5.43. The zero-order valence-corrected chi connectivity index (χ0v) is 18.3. The minimum absolute atomic E-state index is 0.0148. The molecule has 0 aliphatic heterocycles. The zero-order chi connectivity index (χ0) is 23.4. The number of halogens is 1. The molecule has 1 aliphatic rings. The van der Waals surface area contributed by atoms with Crippen LogP contribution in [0.25, 0.3) is 11.1 Å². The molecule has 4 rings (SSSR count). The van der Waals surface area contributed by atoms with Crippen LogP contribution in [0.1, 0.15) is 33.8 Å². The normalized spacial score (nSPS) is 11.9. The minimum Gasteiger partial charge on any atom is -0.478 e. The van der Waals surface area contributed by atoms with E-state index in [-0.39, 0.29) is 41.8 Å². The van der Waals surface area contributed by atoms with Crippen molar-refractivity contribution in [1.82, 2.24) is 5.32 Å². The number of rotatable bonds is 7. The number of amides is 2. The van der Waals surface area contributed by atoms with E-state index in [0.717, 1.165) is 22.3 Å². The van der Waals surface area contributed by atoms with Crippen LogP contribution in [0.5, 0.6) is 0 Å². The maximum absolute atomic E-state index is 12.2. The van der Waals surface area contributed by atoms with Gasteiger partial charge in [0.1, 0.15) is 6.61 Å². The van der Waals surface area contributed by atoms with Gasteiger partial charge in [-0.15, -0.1) is 0 Å². The Labute approximate surface area is 195 Å². The van der Waals surface area contributed by atoms with Gasteiger partial charge in [-0.25, -0.2) is 9.59 Å². The number of hydrogen-bond donors (Lipinski definition) is 3. The highest BCUT2D eigenvalue weighted by Crippen LogP contribution is 2.44. The molecular formula is C25H21ClN2O5. The third-order valence-corrected chi connectivity index (χ3v) is 5.61. The lowest BCUT2D eigenvalue weighted by Gasteiger charge is -2.14. The number of fused-ring (bicyclic) bond motifs is 3. The summed E-state index contributed by atoms with van der Waals surface area (Å²) in [6, 6.07) is 20.2. The molecule has 33 heavy (non-hydrogen) atoms. The van der Waals surface area contributed by atoms with E-state index >= 15 is 0 Å². The summed E-state index contributed by atoms with van der Waals surface area (Å²) in [5.74, 6) is -1.59. The predicted octanol–water partition coefficient (Wildman–Crippen LogP) is 4.91. The number of hydrogen-bond acceptors (Lipinski definition) is 4. The van der Waals surface area contributed by atoms with Crippen molar-refractivity contribution in [3.05, 3.63) is 88.4 Å². The maximum atomic E-state index is 12.2. The van der Waals surface area contributed by atoms with Crippen molar-refractivity contribution in [1.29, 1.82) is 0 Å². The van der Waals surface area contributed by atoms with E-state index in [2.05, 4.69) is 22.8 Å². The summed E-state index contributed by atoms with van der Waals surface area (Å²) in [7, 11) is 0. The van der Waals surface area contributed by atoms with Gasteiger partial charge in [0.2, 0.25) is 5.91 Å². The van der Waals surface area contributed by atoms with Crippen LogP contribution in [-0.4, -0.2) is 36.2 Å². The first kappa shape index (κ1) is 22.4. The summed E-state index contributed by atoms with van der Waals surface area (Å²) in [6.07, 6.45) is -0.625. The molecule has 3 N–H and O–H groups in total. The van der Waals surface area contributed by atoms with E-state index in [4.69, 9.17) is 21.4 Å².